The number of carbonyl (C=O) groups is 1. The van der Waals surface area contributed by atoms with Crippen LogP contribution in [0.15, 0.2) is 35.0 Å². The second kappa shape index (κ2) is 6.36. The van der Waals surface area contributed by atoms with Crippen LogP contribution in [0.1, 0.15) is 22.8 Å². The van der Waals surface area contributed by atoms with Crippen LogP contribution in [-0.2, 0) is 6.42 Å². The lowest BCUT2D eigenvalue weighted by Gasteiger charge is -2.16. The fourth-order valence-corrected chi connectivity index (χ4v) is 2.76. The predicted octanol–water partition coefficient (Wildman–Crippen LogP) is 3.40. The highest BCUT2D eigenvalue weighted by molar-refractivity contribution is 7.07. The van der Waals surface area contributed by atoms with Crippen molar-refractivity contribution < 1.29 is 14.8 Å². The number of rotatable bonds is 6. The smallest absolute Gasteiger partial charge is 0.338 e. The molecule has 0 saturated heterocycles. The van der Waals surface area contributed by atoms with E-state index in [4.69, 9.17) is 0 Å². The third-order valence-corrected chi connectivity index (χ3v) is 3.71. The fraction of sp³-hybridized carbons (Fsp3) is 0.214. The van der Waals surface area contributed by atoms with Gasteiger partial charge in [-0.25, -0.2) is 4.79 Å². The second-order valence-electron chi connectivity index (χ2n) is 4.64. The average Bonchev–Trinajstić information content (AvgIpc) is 2.91. The molecule has 0 aliphatic rings. The summed E-state index contributed by atoms with van der Waals surface area (Å²) in [4.78, 5) is 21.7. The van der Waals surface area contributed by atoms with E-state index in [1.54, 1.807) is 11.3 Å². The zero-order valence-electron chi connectivity index (χ0n) is 11.3. The Kier molecular flexibility index (Phi) is 4.54. The zero-order chi connectivity index (χ0) is 15.4. The normalized spacial score (nSPS) is 11.9. The van der Waals surface area contributed by atoms with Crippen molar-refractivity contribution in [2.75, 3.05) is 5.32 Å². The molecule has 0 amide bonds. The largest absolute Gasteiger partial charge is 0.478 e. The quantitative estimate of drug-likeness (QED) is 0.630. The highest BCUT2D eigenvalue weighted by Crippen LogP contribution is 2.29. The minimum absolute atomic E-state index is 0.0535. The molecule has 7 heteroatoms. The van der Waals surface area contributed by atoms with E-state index in [9.17, 15) is 20.0 Å². The molecular formula is C14H14N2O4S. The highest BCUT2D eigenvalue weighted by Gasteiger charge is 2.22. The van der Waals surface area contributed by atoms with Gasteiger partial charge < -0.3 is 10.4 Å². The molecule has 110 valence electrons. The molecule has 1 unspecified atom stereocenters. The maximum Gasteiger partial charge on any atom is 0.338 e. The zero-order valence-corrected chi connectivity index (χ0v) is 12.1. The number of aromatic carboxylic acids is 1. The van der Waals surface area contributed by atoms with Crippen molar-refractivity contribution in [3.05, 3.63) is 56.3 Å². The van der Waals surface area contributed by atoms with E-state index in [1.165, 1.54) is 18.2 Å². The summed E-state index contributed by atoms with van der Waals surface area (Å²) in [7, 11) is 0. The van der Waals surface area contributed by atoms with Crippen molar-refractivity contribution in [2.24, 2.45) is 0 Å². The molecule has 21 heavy (non-hydrogen) atoms. The standard InChI is InChI=1S/C14H14N2O4S/c1-9(7-10-5-6-21-8-10)15-13-11(14(17)18)3-2-4-12(13)16(19)20/h2-6,8-9,15H,7H2,1H3,(H,17,18). The summed E-state index contributed by atoms with van der Waals surface area (Å²) in [5.41, 5.74) is 0.835. The Morgan fingerprint density at radius 3 is 2.81 bits per heavy atom. The Morgan fingerprint density at radius 2 is 2.24 bits per heavy atom. The van der Waals surface area contributed by atoms with Crippen molar-refractivity contribution in [2.45, 2.75) is 19.4 Å². The Bertz CT molecular complexity index is 623. The van der Waals surface area contributed by atoms with Gasteiger partial charge in [0.2, 0.25) is 0 Å². The summed E-state index contributed by atoms with van der Waals surface area (Å²) in [6.07, 6.45) is 0.661. The minimum Gasteiger partial charge on any atom is -0.478 e. The van der Waals surface area contributed by atoms with Crippen molar-refractivity contribution in [1.29, 1.82) is 0 Å². The maximum absolute atomic E-state index is 11.2. The van der Waals surface area contributed by atoms with Crippen LogP contribution in [-0.4, -0.2) is 22.0 Å². The summed E-state index contributed by atoms with van der Waals surface area (Å²) in [6, 6.07) is 5.87. The molecule has 2 aromatic rings. The molecule has 2 N–H and O–H groups in total. The molecule has 2 rings (SSSR count). The number of anilines is 1. The third kappa shape index (κ3) is 3.57. The number of nitro benzene ring substituents is 1. The molecule has 0 saturated carbocycles. The number of carboxylic acids is 1. The first-order chi connectivity index (χ1) is 9.99. The number of benzene rings is 1. The molecule has 0 radical (unpaired) electrons. The number of hydrogen-bond acceptors (Lipinski definition) is 5. The van der Waals surface area contributed by atoms with Gasteiger partial charge in [-0.05, 0) is 41.8 Å². The van der Waals surface area contributed by atoms with Gasteiger partial charge >= 0.3 is 5.97 Å². The van der Waals surface area contributed by atoms with Gasteiger partial charge in [-0.3, -0.25) is 10.1 Å². The highest BCUT2D eigenvalue weighted by atomic mass is 32.1. The molecule has 0 bridgehead atoms. The number of nitro groups is 1. The first kappa shape index (κ1) is 15.0. The summed E-state index contributed by atoms with van der Waals surface area (Å²) >= 11 is 1.57. The van der Waals surface area contributed by atoms with E-state index < -0.39 is 10.9 Å². The Hall–Kier alpha value is -2.41. The van der Waals surface area contributed by atoms with Crippen molar-refractivity contribution in [3.63, 3.8) is 0 Å². The number of nitrogens with one attached hydrogen (secondary N) is 1. The Balaban J connectivity index is 2.28. The topological polar surface area (TPSA) is 92.5 Å². The van der Waals surface area contributed by atoms with E-state index in [1.807, 2.05) is 23.8 Å². The van der Waals surface area contributed by atoms with Crippen molar-refractivity contribution in [3.8, 4) is 0 Å². The van der Waals surface area contributed by atoms with Gasteiger partial charge in [-0.15, -0.1) is 0 Å². The third-order valence-electron chi connectivity index (χ3n) is 2.98. The van der Waals surface area contributed by atoms with Crippen LogP contribution in [0.2, 0.25) is 0 Å². The lowest BCUT2D eigenvalue weighted by atomic mass is 10.1. The summed E-state index contributed by atoms with van der Waals surface area (Å²) in [6.45, 7) is 1.86. The molecule has 1 heterocycles. The average molecular weight is 306 g/mol. The van der Waals surface area contributed by atoms with Crippen LogP contribution in [0.4, 0.5) is 11.4 Å². The van der Waals surface area contributed by atoms with E-state index >= 15 is 0 Å². The minimum atomic E-state index is -1.19. The molecule has 6 nitrogen and oxygen atoms in total. The SMILES string of the molecule is CC(Cc1ccsc1)Nc1c(C(=O)O)cccc1[N+](=O)[O-]. The van der Waals surface area contributed by atoms with Gasteiger partial charge in [0.1, 0.15) is 5.69 Å². The first-order valence-corrected chi connectivity index (χ1v) is 7.21. The number of carboxylic acid groups (broad SMARTS) is 1. The Labute approximate surface area is 125 Å². The van der Waals surface area contributed by atoms with E-state index in [2.05, 4.69) is 5.32 Å². The summed E-state index contributed by atoms with van der Waals surface area (Å²) < 4.78 is 0. The van der Waals surface area contributed by atoms with Crippen LogP contribution >= 0.6 is 11.3 Å². The van der Waals surface area contributed by atoms with Crippen molar-refractivity contribution in [1.82, 2.24) is 0 Å². The number of para-hydroxylation sites is 1. The summed E-state index contributed by atoms with van der Waals surface area (Å²) in [5.74, 6) is -1.19. The van der Waals surface area contributed by atoms with Gasteiger partial charge in [0.05, 0.1) is 10.5 Å². The molecule has 1 aromatic heterocycles. The van der Waals surface area contributed by atoms with Crippen molar-refractivity contribution >= 4 is 28.7 Å². The van der Waals surface area contributed by atoms with Gasteiger partial charge in [0.25, 0.3) is 5.69 Å². The molecule has 0 aliphatic heterocycles. The van der Waals surface area contributed by atoms with E-state index in [0.717, 1.165) is 5.56 Å². The van der Waals surface area contributed by atoms with E-state index in [0.29, 0.717) is 6.42 Å². The van der Waals surface area contributed by atoms with E-state index in [-0.39, 0.29) is 23.0 Å². The number of thiophene rings is 1. The van der Waals surface area contributed by atoms with Crippen LogP contribution in [0.3, 0.4) is 0 Å². The summed E-state index contributed by atoms with van der Waals surface area (Å²) in [5, 5.41) is 27.2. The van der Waals surface area contributed by atoms with Gasteiger partial charge in [0.15, 0.2) is 0 Å². The first-order valence-electron chi connectivity index (χ1n) is 6.27. The van der Waals surface area contributed by atoms with Gasteiger partial charge in [-0.2, -0.15) is 11.3 Å². The van der Waals surface area contributed by atoms with Crippen LogP contribution < -0.4 is 5.32 Å². The molecule has 0 spiro atoms. The Morgan fingerprint density at radius 1 is 1.48 bits per heavy atom. The second-order valence-corrected chi connectivity index (χ2v) is 5.42. The maximum atomic E-state index is 11.2. The molecule has 1 aromatic carbocycles. The van der Waals surface area contributed by atoms with Crippen LogP contribution in [0, 0.1) is 10.1 Å². The predicted molar refractivity (Wildman–Crippen MR) is 81.2 cm³/mol. The number of hydrogen-bond donors (Lipinski definition) is 2. The fourth-order valence-electron chi connectivity index (χ4n) is 2.08. The molecule has 1 atom stereocenters. The number of nitrogens with zero attached hydrogens (tertiary/aromatic N) is 1. The van der Waals surface area contributed by atoms with Gasteiger partial charge in [-0.1, -0.05) is 6.07 Å². The monoisotopic (exact) mass is 306 g/mol. The lowest BCUT2D eigenvalue weighted by molar-refractivity contribution is -0.384. The molecule has 0 fully saturated rings. The van der Waals surface area contributed by atoms with Crippen LogP contribution in [0.25, 0.3) is 0 Å². The lowest BCUT2D eigenvalue weighted by Crippen LogP contribution is -2.20. The molecular weight excluding hydrogens is 292 g/mol. The van der Waals surface area contributed by atoms with Crippen LogP contribution in [0.5, 0.6) is 0 Å². The molecule has 0 aliphatic carbocycles. The van der Waals surface area contributed by atoms with Gasteiger partial charge in [0, 0.05) is 12.1 Å².